The summed E-state index contributed by atoms with van der Waals surface area (Å²) in [5.41, 5.74) is -5.64. The van der Waals surface area contributed by atoms with Gasteiger partial charge in [-0.1, -0.05) is 19.4 Å². The molecule has 0 radical (unpaired) electrons. The first-order valence-corrected chi connectivity index (χ1v) is 12.3. The number of phosphoric acid groups is 1. The average molecular weight is 460 g/mol. The molecule has 0 amide bonds. The molecule has 0 aromatic carbocycles. The summed E-state index contributed by atoms with van der Waals surface area (Å²) >= 11 is 0. The van der Waals surface area contributed by atoms with Crippen LogP contribution in [0.4, 0.5) is 4.39 Å². The Morgan fingerprint density at radius 2 is 1.90 bits per heavy atom. The fraction of sp³-hybridized carbons (Fsp3) is 0.810. The van der Waals surface area contributed by atoms with Crippen molar-refractivity contribution in [2.75, 3.05) is 6.61 Å². The highest BCUT2D eigenvalue weighted by Crippen LogP contribution is 2.72. The van der Waals surface area contributed by atoms with E-state index in [2.05, 4.69) is 0 Å². The van der Waals surface area contributed by atoms with Crippen LogP contribution in [0.25, 0.3) is 0 Å². The first-order chi connectivity index (χ1) is 14.2. The van der Waals surface area contributed by atoms with Crippen LogP contribution in [0.15, 0.2) is 11.6 Å². The highest BCUT2D eigenvalue weighted by Gasteiger charge is 2.75. The Labute approximate surface area is 180 Å². The maximum absolute atomic E-state index is 17.0. The number of hydrogen-bond acceptors (Lipinski definition) is 6. The lowest BCUT2D eigenvalue weighted by atomic mass is 9.44. The van der Waals surface area contributed by atoms with Gasteiger partial charge in [-0.25, -0.2) is 8.96 Å². The molecule has 4 N–H and O–H groups in total. The Morgan fingerprint density at radius 1 is 1.23 bits per heavy atom. The van der Waals surface area contributed by atoms with E-state index < -0.39 is 60.3 Å². The van der Waals surface area contributed by atoms with Crippen LogP contribution in [-0.4, -0.2) is 55.5 Å². The third-order valence-electron chi connectivity index (χ3n) is 9.03. The number of carbonyl (C=O) groups is 2. The zero-order chi connectivity index (χ0) is 23.0. The third kappa shape index (κ3) is 2.94. The summed E-state index contributed by atoms with van der Waals surface area (Å²) < 4.78 is 33.9. The van der Waals surface area contributed by atoms with Crippen molar-refractivity contribution in [3.63, 3.8) is 0 Å². The number of hydrogen-bond donors (Lipinski definition) is 4. The van der Waals surface area contributed by atoms with Gasteiger partial charge in [0.15, 0.2) is 11.6 Å². The van der Waals surface area contributed by atoms with Gasteiger partial charge in [-0.05, 0) is 50.5 Å². The molecule has 0 bridgehead atoms. The quantitative estimate of drug-likeness (QED) is 0.467. The zero-order valence-electron chi connectivity index (χ0n) is 17.7. The van der Waals surface area contributed by atoms with Crippen LogP contribution in [0.1, 0.15) is 58.8 Å². The van der Waals surface area contributed by atoms with Crippen molar-refractivity contribution >= 4 is 19.4 Å². The molecule has 10 heteroatoms. The van der Waals surface area contributed by atoms with E-state index in [1.54, 1.807) is 13.8 Å². The summed E-state index contributed by atoms with van der Waals surface area (Å²) in [6.45, 7) is 2.38. The van der Waals surface area contributed by atoms with Crippen molar-refractivity contribution in [2.45, 2.75) is 76.2 Å². The van der Waals surface area contributed by atoms with Gasteiger partial charge in [0.25, 0.3) is 0 Å². The fourth-order valence-electron chi connectivity index (χ4n) is 7.55. The zero-order valence-corrected chi connectivity index (χ0v) is 18.6. The van der Waals surface area contributed by atoms with Gasteiger partial charge in [0.1, 0.15) is 17.9 Å². The molecule has 0 saturated heterocycles. The maximum Gasteiger partial charge on any atom is 0.470 e. The van der Waals surface area contributed by atoms with Crippen LogP contribution in [0.2, 0.25) is 0 Å². The lowest BCUT2D eigenvalue weighted by molar-refractivity contribution is -0.224. The molecule has 4 aliphatic carbocycles. The number of aliphatic hydroxyl groups is 2. The molecule has 31 heavy (non-hydrogen) atoms. The van der Waals surface area contributed by atoms with E-state index in [-0.39, 0.29) is 37.9 Å². The van der Waals surface area contributed by atoms with E-state index in [1.165, 1.54) is 6.08 Å². The minimum absolute atomic E-state index is 0.0480. The van der Waals surface area contributed by atoms with E-state index in [4.69, 9.17) is 4.52 Å². The molecule has 0 heterocycles. The molecule has 4 aliphatic rings. The summed E-state index contributed by atoms with van der Waals surface area (Å²) in [6.07, 6.45) is 1.26. The van der Waals surface area contributed by atoms with Crippen molar-refractivity contribution < 1.29 is 43.1 Å². The van der Waals surface area contributed by atoms with Crippen LogP contribution in [0, 0.1) is 22.7 Å². The normalized spacial score (nSPS) is 47.3. The number of aliphatic hydroxyl groups excluding tert-OH is 2. The summed E-state index contributed by atoms with van der Waals surface area (Å²) in [6, 6.07) is 0. The largest absolute Gasteiger partial charge is 0.470 e. The third-order valence-corrected chi connectivity index (χ3v) is 9.58. The number of phosphoric ester groups is 1. The van der Waals surface area contributed by atoms with Crippen molar-refractivity contribution in [1.29, 1.82) is 0 Å². The number of carbonyl (C=O) groups excluding carboxylic acids is 2. The number of allylic oxidation sites excluding steroid dienone is 1. The molecule has 0 spiro atoms. The second-order valence-corrected chi connectivity index (χ2v) is 11.3. The van der Waals surface area contributed by atoms with Crippen molar-refractivity contribution in [1.82, 2.24) is 0 Å². The van der Waals surface area contributed by atoms with E-state index >= 15 is 4.39 Å². The predicted molar refractivity (Wildman–Crippen MR) is 106 cm³/mol. The topological polar surface area (TPSA) is 141 Å². The van der Waals surface area contributed by atoms with Crippen LogP contribution < -0.4 is 0 Å². The van der Waals surface area contributed by atoms with E-state index in [9.17, 15) is 34.2 Å². The van der Waals surface area contributed by atoms with Gasteiger partial charge >= 0.3 is 7.82 Å². The molecule has 174 valence electrons. The second-order valence-electron chi connectivity index (χ2n) is 10.2. The molecule has 0 aromatic rings. The molecular formula is C21H30FO8P. The molecule has 4 rings (SSSR count). The van der Waals surface area contributed by atoms with Crippen LogP contribution in [-0.2, 0) is 18.7 Å². The summed E-state index contributed by atoms with van der Waals surface area (Å²) in [5, 5.41) is 20.8. The highest BCUT2D eigenvalue weighted by molar-refractivity contribution is 7.46. The number of halogens is 1. The van der Waals surface area contributed by atoms with Gasteiger partial charge in [0.05, 0.1) is 6.10 Å². The van der Waals surface area contributed by atoms with Gasteiger partial charge < -0.3 is 20.0 Å². The monoisotopic (exact) mass is 460 g/mol. The summed E-state index contributed by atoms with van der Waals surface area (Å²) in [5.74, 6) is -2.08. The van der Waals surface area contributed by atoms with Crippen LogP contribution in [0.5, 0.6) is 0 Å². The van der Waals surface area contributed by atoms with Gasteiger partial charge in [-0.3, -0.25) is 14.1 Å². The standard InChI is InChI=1S/C21H30FO8P/c1-18-7-5-13(24)9-12(18)3-4-15-14-6-8-20(17(26)11-23,30-31(27,28)29)19(14,2)10-16(25)21(15,18)22/h9,14-16,23,25H,3-8,10-11H2,1-2H3,(H2,27,28,29)/t14-,15-,16-,18-,19-,20-,21-/m0/s1. The summed E-state index contributed by atoms with van der Waals surface area (Å²) in [7, 11) is -5.12. The Hall–Kier alpha value is -0.960. The summed E-state index contributed by atoms with van der Waals surface area (Å²) in [4.78, 5) is 43.8. The smallest absolute Gasteiger partial charge is 0.390 e. The maximum atomic E-state index is 17.0. The van der Waals surface area contributed by atoms with E-state index in [1.807, 2.05) is 0 Å². The van der Waals surface area contributed by atoms with E-state index in [0.29, 0.717) is 18.4 Å². The first kappa shape index (κ1) is 23.2. The minimum Gasteiger partial charge on any atom is -0.390 e. The van der Waals surface area contributed by atoms with Crippen molar-refractivity contribution in [3.8, 4) is 0 Å². The molecule has 3 fully saturated rings. The molecule has 0 unspecified atom stereocenters. The lowest BCUT2D eigenvalue weighted by Gasteiger charge is -2.63. The Bertz CT molecular complexity index is 900. The number of alkyl halides is 1. The molecular weight excluding hydrogens is 430 g/mol. The number of fused-ring (bicyclic) bond motifs is 5. The van der Waals surface area contributed by atoms with Gasteiger partial charge in [-0.15, -0.1) is 0 Å². The number of rotatable bonds is 4. The predicted octanol–water partition coefficient (Wildman–Crippen LogP) is 1.99. The van der Waals surface area contributed by atoms with Crippen molar-refractivity contribution in [3.05, 3.63) is 11.6 Å². The molecule has 8 nitrogen and oxygen atoms in total. The lowest BCUT2D eigenvalue weighted by Crippen LogP contribution is -2.69. The molecule has 0 aliphatic heterocycles. The van der Waals surface area contributed by atoms with Gasteiger partial charge in [0, 0.05) is 23.2 Å². The van der Waals surface area contributed by atoms with Crippen molar-refractivity contribution in [2.24, 2.45) is 22.7 Å². The number of Topliss-reactive ketones (excluding diaryl/α,β-unsaturated/α-hetero) is 1. The molecule has 7 atom stereocenters. The molecule has 0 aromatic heterocycles. The Kier molecular flexibility index (Phi) is 5.25. The SMILES string of the molecule is C[C@]12CCC(=O)C=C1CC[C@H]1[C@@H]3CC[C@](OP(=O)(O)O)(C(=O)CO)[C@@]3(C)C[C@H](O)[C@@]12F. The average Bonchev–Trinajstić information content (AvgIpc) is 2.94. The Morgan fingerprint density at radius 3 is 2.52 bits per heavy atom. The van der Waals surface area contributed by atoms with Gasteiger partial charge in [0.2, 0.25) is 0 Å². The highest BCUT2D eigenvalue weighted by atomic mass is 31.2. The van der Waals surface area contributed by atoms with E-state index in [0.717, 1.165) is 0 Å². The van der Waals surface area contributed by atoms with Crippen LogP contribution >= 0.6 is 7.82 Å². The van der Waals surface area contributed by atoms with Crippen LogP contribution in [0.3, 0.4) is 0 Å². The van der Waals surface area contributed by atoms with Gasteiger partial charge in [-0.2, -0.15) is 0 Å². The molecule has 3 saturated carbocycles. The minimum atomic E-state index is -5.12. The first-order valence-electron chi connectivity index (χ1n) is 10.8. The fourth-order valence-corrected chi connectivity index (χ4v) is 8.36. The Balaban J connectivity index is 1.82. The number of ketones is 2. The second kappa shape index (κ2) is 7.02.